The number of aromatic nitrogens is 6. The monoisotopic (exact) mass is 2050 g/mol. The number of carbonyl (C=O) groups is 5. The number of amides is 4. The molecule has 0 unspecified atom stereocenters. The number of halogens is 18. The van der Waals surface area contributed by atoms with E-state index in [4.69, 9.17) is 45.4 Å². The molecule has 664 valence electrons. The van der Waals surface area contributed by atoms with Crippen molar-refractivity contribution in [2.45, 2.75) is 171 Å². The first-order valence-electron chi connectivity index (χ1n) is 30.6. The van der Waals surface area contributed by atoms with Crippen LogP contribution in [0, 0.1) is 27.2 Å². The zero-order chi connectivity index (χ0) is 89.5. The zero-order valence-corrected chi connectivity index (χ0v) is 73.5. The largest absolute Gasteiger partial charge is 1.00 e. The van der Waals surface area contributed by atoms with E-state index in [1.54, 1.807) is 41.5 Å². The minimum Gasteiger partial charge on any atom is -0.501 e. The summed E-state index contributed by atoms with van der Waals surface area (Å²) in [6.07, 6.45) is 4.77. The first kappa shape index (κ1) is 125. The third kappa shape index (κ3) is 62.0. The molecule has 0 saturated carbocycles. The summed E-state index contributed by atoms with van der Waals surface area (Å²) in [6.45, 7) is 10.2. The molecule has 11 N–H and O–H groups in total. The van der Waals surface area contributed by atoms with Gasteiger partial charge in [0.1, 0.15) is 34.8 Å². The second kappa shape index (κ2) is 63.8. The average molecular weight is 2050 g/mol. The number of unbranched alkanes of at least 4 members (excludes halogenated alkanes) is 1. The van der Waals surface area contributed by atoms with Gasteiger partial charge in [-0.05, 0) is 183 Å². The first-order chi connectivity index (χ1) is 52.3. The SMILES string of the molecule is BrBr.CC(=O)O.CC(C)(C)OC(=O)N(C(=O)OC(C)(C)C)c1ncc(B(O)O)cc1OC(F)F.CC(C)(C)OC(=O)N(C(=O)OC(C)(C)C)c1ncc(Br)cc1OC(F)F.Cl.FC(F)Cl.N.Nc1ncc(Br)cc1OC(F)F.Nc1ncccc1OC(F)F.O=[N+]([O-])c1ncccc1O.O=[N+]([O-])c1ncccc1OC(F)F.[CH2-]CCC.[Fe].[Li+]. The number of nitrogen functional groups attached to an aromatic ring is 2. The number of anilines is 4. The number of imide groups is 2. The fourth-order valence-corrected chi connectivity index (χ4v) is 6.51. The Morgan fingerprint density at radius 1 is 0.542 bits per heavy atom. The van der Waals surface area contributed by atoms with Gasteiger partial charge in [0.2, 0.25) is 11.5 Å². The van der Waals surface area contributed by atoms with Crippen LogP contribution in [0.2, 0.25) is 0 Å². The predicted molar refractivity (Wildman–Crippen MR) is 413 cm³/mol. The Morgan fingerprint density at radius 2 is 0.814 bits per heavy atom. The van der Waals surface area contributed by atoms with Crippen LogP contribution >= 0.6 is 84.1 Å². The Morgan fingerprint density at radius 3 is 1.12 bits per heavy atom. The van der Waals surface area contributed by atoms with Gasteiger partial charge in [-0.25, -0.2) is 39.1 Å². The van der Waals surface area contributed by atoms with Crippen molar-refractivity contribution >= 4 is 162 Å². The maximum atomic E-state index is 12.8. The van der Waals surface area contributed by atoms with E-state index >= 15 is 0 Å². The Balaban J connectivity index is -0.000000204. The van der Waals surface area contributed by atoms with Crippen LogP contribution in [0.5, 0.6) is 34.5 Å². The summed E-state index contributed by atoms with van der Waals surface area (Å²) in [5, 5.41) is 54.8. The van der Waals surface area contributed by atoms with E-state index in [1.165, 1.54) is 109 Å². The van der Waals surface area contributed by atoms with Crippen LogP contribution in [0.4, 0.5) is 107 Å². The van der Waals surface area contributed by atoms with Gasteiger partial charge in [-0.1, -0.05) is 24.9 Å². The molecule has 0 fully saturated rings. The number of pyridine rings is 6. The summed E-state index contributed by atoms with van der Waals surface area (Å²) in [5.74, 6) is -8.40. The predicted octanol–water partition coefficient (Wildman–Crippen LogP) is 15.2. The fourth-order valence-electron chi connectivity index (χ4n) is 5.89. The van der Waals surface area contributed by atoms with Crippen LogP contribution in [0.1, 0.15) is 110 Å². The number of nitrogens with two attached hydrogens (primary N) is 2. The summed E-state index contributed by atoms with van der Waals surface area (Å²) in [4.78, 5) is 99.8. The Labute approximate surface area is 733 Å². The Kier molecular flexibility index (Phi) is 67.7. The number of ether oxygens (including phenoxy) is 9. The summed E-state index contributed by atoms with van der Waals surface area (Å²) in [5.41, 5.74) is 6.20. The van der Waals surface area contributed by atoms with Crippen molar-refractivity contribution in [1.29, 1.82) is 0 Å². The number of carbonyl (C=O) groups excluding carboxylic acids is 4. The van der Waals surface area contributed by atoms with Gasteiger partial charge >= 0.3 is 101 Å². The number of carboxylic acid groups (broad SMARTS) is 1. The van der Waals surface area contributed by atoms with E-state index in [0.29, 0.717) is 18.7 Å². The van der Waals surface area contributed by atoms with Crippen molar-refractivity contribution < 1.29 is 185 Å². The van der Waals surface area contributed by atoms with E-state index in [2.05, 4.69) is 139 Å². The van der Waals surface area contributed by atoms with Crippen LogP contribution in [0.25, 0.3) is 0 Å². The Bertz CT molecular complexity index is 3860. The van der Waals surface area contributed by atoms with Gasteiger partial charge in [-0.15, -0.1) is 12.4 Å². The maximum absolute atomic E-state index is 12.8. The zero-order valence-electron chi connectivity index (χ0n) is 64.5. The van der Waals surface area contributed by atoms with Gasteiger partial charge in [-0.2, -0.15) is 68.9 Å². The van der Waals surface area contributed by atoms with E-state index in [9.17, 15) is 102 Å². The fraction of sp³-hybridized carbons (Fsp3) is 0.419. The smallest absolute Gasteiger partial charge is 0.501 e. The topological polar surface area (TPSA) is 506 Å². The van der Waals surface area contributed by atoms with Crippen LogP contribution < -0.4 is 75.4 Å². The molecule has 35 nitrogen and oxygen atoms in total. The number of hydrogen-bond acceptors (Lipinski definition) is 30. The molecule has 6 aromatic heterocycles. The van der Waals surface area contributed by atoms with E-state index in [0.717, 1.165) is 43.9 Å². The quantitative estimate of drug-likeness (QED) is 0.00900. The molecule has 0 spiro atoms. The summed E-state index contributed by atoms with van der Waals surface area (Å²) in [7, 11) is -2.04. The van der Waals surface area contributed by atoms with Crippen molar-refractivity contribution in [1.82, 2.24) is 36.1 Å². The molecular formula is C62H81BBr4Cl2F12FeLiN13O22. The van der Waals surface area contributed by atoms with E-state index in [-0.39, 0.29) is 83.1 Å². The summed E-state index contributed by atoms with van der Waals surface area (Å²) < 4.78 is 183. The number of nitro groups is 2. The van der Waals surface area contributed by atoms with Crippen LogP contribution in [0.3, 0.4) is 0 Å². The van der Waals surface area contributed by atoms with Crippen molar-refractivity contribution in [3.63, 3.8) is 0 Å². The van der Waals surface area contributed by atoms with Crippen molar-refractivity contribution in [2.75, 3.05) is 21.3 Å². The Hall–Kier alpha value is -8.23. The second-order valence-electron chi connectivity index (χ2n) is 23.7. The molecule has 0 saturated heterocycles. The minimum absolute atomic E-state index is 0. The van der Waals surface area contributed by atoms with Gasteiger partial charge < -0.3 is 108 Å². The van der Waals surface area contributed by atoms with Crippen LogP contribution in [-0.2, 0) is 40.8 Å². The molecule has 6 heterocycles. The number of aromatic hydroxyl groups is 1. The van der Waals surface area contributed by atoms with Crippen LogP contribution in [0.15, 0.2) is 101 Å². The molecule has 0 atom stereocenters. The number of nitrogens with zero attached hydrogens (tertiary/aromatic N) is 10. The van der Waals surface area contributed by atoms with Crippen molar-refractivity contribution in [3.8, 4) is 34.5 Å². The van der Waals surface area contributed by atoms with E-state index < -0.39 is 155 Å². The molecule has 4 amide bonds. The molecule has 6 rings (SSSR count). The summed E-state index contributed by atoms with van der Waals surface area (Å²) in [6, 6.07) is 11.0. The van der Waals surface area contributed by atoms with Gasteiger partial charge in [0.15, 0.2) is 46.3 Å². The molecular weight excluding hydrogens is 1970 g/mol. The van der Waals surface area contributed by atoms with Gasteiger partial charge in [0, 0.05) is 97.5 Å². The average Bonchev–Trinajstić information content (AvgIpc) is 0.802. The third-order valence-electron chi connectivity index (χ3n) is 9.62. The van der Waals surface area contributed by atoms with E-state index in [1.807, 2.05) is 0 Å². The standard InChI is InChI=1S/C16H23BF2N2O7.C16H21BrF2N2O5.C6H5BrF2N2O.C6H4F2N2O3.C6H6F2N2O.C5H4N2O3.C4H9.C2H4O2.CHClF2.Br2.ClH.Fe.Li.H3N/c1-15(2,3)27-13(22)21(14(23)28-16(4,5)6)11-10(26-12(18)19)7-9(8-20-11)17(24)25;1-15(2,3)25-13(22)21(14(23)26-16(4,5)6)11-10(24-12(18)19)7-9(17)8-20-11;7-3-1-4(12-6(8)9)5(10)11-2-3;7-6(8)13-4-2-1-3-9-5(4)10(11)12;7-6(8)11-4-2-1-3-10-5(4)9;8-4-2-1-3-6-5(4)7(9)10;1-3-4-2;1-2(3)4;2-1(3)4;1-2;;;;/h7-8,12,24-25H,1-6H3;7-8,12H,1-6H3;1-2,6H,(H2,10,11);1-3,6H;1-3,6H,(H2,9,10);1-3,8H;1,3-4H2,2H3;1H3,(H,3,4);1H;;1H;;;1H3/q;;;;;;-1;;;;;;+1;. The molecule has 118 heavy (non-hydrogen) atoms. The maximum Gasteiger partial charge on any atom is 1.00 e. The number of alkyl halides is 13. The van der Waals surface area contributed by atoms with Crippen molar-refractivity contribution in [3.05, 3.63) is 128 Å². The first-order valence-corrected chi connectivity index (χ1v) is 36.4. The van der Waals surface area contributed by atoms with Crippen molar-refractivity contribution in [2.24, 2.45) is 0 Å². The minimum atomic E-state index is -3.34. The molecule has 6 aromatic rings. The number of aliphatic carboxylic acids is 1. The molecule has 0 bridgehead atoms. The normalized spacial score (nSPS) is 10.1. The molecule has 0 aromatic carbocycles. The molecule has 0 aliphatic carbocycles. The van der Waals surface area contributed by atoms with Gasteiger partial charge in [0.05, 0.1) is 0 Å². The van der Waals surface area contributed by atoms with Crippen LogP contribution in [-0.4, -0.2) is 159 Å². The second-order valence-corrected chi connectivity index (χ2v) is 25.8. The molecule has 0 radical (unpaired) electrons. The van der Waals surface area contributed by atoms with Gasteiger partial charge in [-0.3, -0.25) is 4.79 Å². The molecule has 56 heteroatoms. The summed E-state index contributed by atoms with van der Waals surface area (Å²) >= 11 is 15.6. The molecule has 0 aliphatic heterocycles. The number of rotatable bonds is 16. The number of carboxylic acids is 1. The molecule has 0 aliphatic rings. The van der Waals surface area contributed by atoms with Gasteiger partial charge in [0.25, 0.3) is 5.97 Å². The third-order valence-corrected chi connectivity index (χ3v) is 10.5. The number of hydrogen-bond donors (Lipinski definition) is 7.